The Morgan fingerprint density at radius 1 is 1.67 bits per heavy atom. The van der Waals surface area contributed by atoms with E-state index in [1.54, 1.807) is 6.07 Å². The van der Waals surface area contributed by atoms with E-state index in [2.05, 4.69) is 0 Å². The summed E-state index contributed by atoms with van der Waals surface area (Å²) in [5.41, 5.74) is 0. The summed E-state index contributed by atoms with van der Waals surface area (Å²) in [6.45, 7) is 0.936. The summed E-state index contributed by atoms with van der Waals surface area (Å²) in [6, 6.07) is 0.223. The zero-order chi connectivity index (χ0) is 11.6. The molecule has 0 radical (unpaired) electrons. The van der Waals surface area contributed by atoms with E-state index in [0.717, 1.165) is 4.90 Å². The molecule has 1 rings (SSSR count). The Morgan fingerprint density at radius 2 is 2.27 bits per heavy atom. The molecule has 0 saturated carbocycles. The van der Waals surface area contributed by atoms with Crippen molar-refractivity contribution in [3.8, 4) is 6.07 Å². The van der Waals surface area contributed by atoms with Crippen molar-refractivity contribution in [2.45, 2.75) is 13.0 Å². The molecule has 1 saturated heterocycles. The molecule has 1 aliphatic heterocycles. The van der Waals surface area contributed by atoms with Gasteiger partial charge in [0, 0.05) is 0 Å². The van der Waals surface area contributed by atoms with E-state index in [4.69, 9.17) is 10.4 Å². The van der Waals surface area contributed by atoms with E-state index in [-0.39, 0.29) is 0 Å². The van der Waals surface area contributed by atoms with Crippen LogP contribution in [0.15, 0.2) is 0 Å². The van der Waals surface area contributed by atoms with Crippen LogP contribution in [0, 0.1) is 17.2 Å². The molecule has 2 atom stereocenters. The Hall–Kier alpha value is -2.10. The van der Waals surface area contributed by atoms with Crippen LogP contribution in [0.3, 0.4) is 0 Å². The Kier molecular flexibility index (Phi) is 2.90. The molecular formula is C8H9N3O4. The van der Waals surface area contributed by atoms with E-state index in [1.807, 2.05) is 5.32 Å². The minimum absolute atomic E-state index is 0.529. The lowest BCUT2D eigenvalue weighted by Gasteiger charge is -2.34. The summed E-state index contributed by atoms with van der Waals surface area (Å²) in [7, 11) is 0. The van der Waals surface area contributed by atoms with Crippen LogP contribution in [0.4, 0.5) is 4.79 Å². The summed E-state index contributed by atoms with van der Waals surface area (Å²) in [5, 5.41) is 19.1. The van der Waals surface area contributed by atoms with E-state index in [1.165, 1.54) is 6.92 Å². The number of hydrogen-bond acceptors (Lipinski definition) is 4. The highest BCUT2D eigenvalue weighted by molar-refractivity contribution is 6.00. The Labute approximate surface area is 85.3 Å². The number of nitrogens with zero attached hydrogens (tertiary/aromatic N) is 2. The molecular weight excluding hydrogens is 202 g/mol. The molecule has 0 bridgehead atoms. The molecule has 1 fully saturated rings. The number of nitriles is 1. The van der Waals surface area contributed by atoms with Gasteiger partial charge in [-0.3, -0.25) is 14.9 Å². The van der Waals surface area contributed by atoms with E-state index < -0.39 is 36.4 Å². The fourth-order valence-electron chi connectivity index (χ4n) is 1.37. The average Bonchev–Trinajstić information content (AvgIpc) is 2.12. The third-order valence-electron chi connectivity index (χ3n) is 2.19. The normalized spacial score (nSPS) is 25.7. The SMILES string of the molecule is CC1C(C#N)C(=O)NC(=O)N1CC(=O)O. The molecule has 0 aliphatic carbocycles. The number of carboxylic acids is 1. The van der Waals surface area contributed by atoms with Gasteiger partial charge in [-0.2, -0.15) is 5.26 Å². The molecule has 0 aromatic rings. The van der Waals surface area contributed by atoms with Crippen LogP contribution in [-0.4, -0.2) is 40.5 Å². The van der Waals surface area contributed by atoms with E-state index >= 15 is 0 Å². The van der Waals surface area contributed by atoms with Gasteiger partial charge >= 0.3 is 12.0 Å². The molecule has 1 aliphatic rings. The molecule has 3 amide bonds. The highest BCUT2D eigenvalue weighted by Gasteiger charge is 2.39. The first-order chi connectivity index (χ1) is 6.97. The van der Waals surface area contributed by atoms with Gasteiger partial charge in [-0.1, -0.05) is 0 Å². The molecule has 1 heterocycles. The van der Waals surface area contributed by atoms with Crippen LogP contribution in [-0.2, 0) is 9.59 Å². The molecule has 2 unspecified atom stereocenters. The van der Waals surface area contributed by atoms with Crippen LogP contribution in [0.5, 0.6) is 0 Å². The summed E-state index contributed by atoms with van der Waals surface area (Å²) >= 11 is 0. The Morgan fingerprint density at radius 3 is 2.73 bits per heavy atom. The van der Waals surface area contributed by atoms with Crippen LogP contribution < -0.4 is 5.32 Å². The average molecular weight is 211 g/mol. The maximum Gasteiger partial charge on any atom is 0.324 e. The highest BCUT2D eigenvalue weighted by atomic mass is 16.4. The molecule has 2 N–H and O–H groups in total. The van der Waals surface area contributed by atoms with Crippen molar-refractivity contribution in [2.24, 2.45) is 5.92 Å². The second-order valence-corrected chi connectivity index (χ2v) is 3.16. The van der Waals surface area contributed by atoms with Crippen molar-refractivity contribution < 1.29 is 19.5 Å². The maximum atomic E-state index is 11.2. The van der Waals surface area contributed by atoms with E-state index in [0.29, 0.717) is 0 Å². The van der Waals surface area contributed by atoms with Crippen molar-refractivity contribution in [2.75, 3.05) is 6.54 Å². The second kappa shape index (κ2) is 3.96. The standard InChI is InChI=1S/C8H9N3O4/c1-4-5(2-9)7(14)10-8(15)11(4)3-6(12)13/h4-5H,3H2,1H3,(H,12,13)(H,10,14,15). The molecule has 7 heteroatoms. The van der Waals surface area contributed by atoms with Gasteiger partial charge in [-0.05, 0) is 6.92 Å². The summed E-state index contributed by atoms with van der Waals surface area (Å²) < 4.78 is 0. The van der Waals surface area contributed by atoms with Gasteiger partial charge in [0.15, 0.2) is 0 Å². The third-order valence-corrected chi connectivity index (χ3v) is 2.19. The fraction of sp³-hybridized carbons (Fsp3) is 0.500. The first-order valence-electron chi connectivity index (χ1n) is 4.20. The van der Waals surface area contributed by atoms with Crippen LogP contribution in [0.1, 0.15) is 6.92 Å². The smallest absolute Gasteiger partial charge is 0.324 e. The first-order valence-corrected chi connectivity index (χ1v) is 4.20. The maximum absolute atomic E-state index is 11.2. The summed E-state index contributed by atoms with van der Waals surface area (Å²) in [6.07, 6.45) is 0. The predicted octanol–water partition coefficient (Wildman–Crippen LogP) is -0.849. The van der Waals surface area contributed by atoms with E-state index in [9.17, 15) is 14.4 Å². The largest absolute Gasteiger partial charge is 0.480 e. The van der Waals surface area contributed by atoms with Crippen LogP contribution in [0.25, 0.3) is 0 Å². The topological polar surface area (TPSA) is 111 Å². The molecule has 15 heavy (non-hydrogen) atoms. The number of rotatable bonds is 2. The monoisotopic (exact) mass is 211 g/mol. The van der Waals surface area contributed by atoms with Gasteiger partial charge in [0.25, 0.3) is 0 Å². The van der Waals surface area contributed by atoms with Gasteiger partial charge < -0.3 is 10.0 Å². The lowest BCUT2D eigenvalue weighted by molar-refractivity contribution is -0.139. The fourth-order valence-corrected chi connectivity index (χ4v) is 1.37. The Balaban J connectivity index is 2.88. The van der Waals surface area contributed by atoms with Gasteiger partial charge in [0.05, 0.1) is 12.1 Å². The minimum Gasteiger partial charge on any atom is -0.480 e. The number of imide groups is 1. The van der Waals surface area contributed by atoms with Crippen molar-refractivity contribution in [1.29, 1.82) is 5.26 Å². The zero-order valence-corrected chi connectivity index (χ0v) is 7.93. The molecule has 7 nitrogen and oxygen atoms in total. The van der Waals surface area contributed by atoms with Crippen LogP contribution >= 0.6 is 0 Å². The number of carbonyl (C=O) groups is 3. The van der Waals surface area contributed by atoms with Crippen LogP contribution in [0.2, 0.25) is 0 Å². The van der Waals surface area contributed by atoms with Crippen molar-refractivity contribution in [1.82, 2.24) is 10.2 Å². The van der Waals surface area contributed by atoms with Crippen molar-refractivity contribution in [3.05, 3.63) is 0 Å². The number of urea groups is 1. The number of hydrogen-bond donors (Lipinski definition) is 2. The Bertz CT molecular complexity index is 359. The first kappa shape index (κ1) is 11.0. The number of amides is 3. The molecule has 0 aromatic carbocycles. The third kappa shape index (κ3) is 2.04. The number of aliphatic carboxylic acids is 1. The molecule has 0 spiro atoms. The molecule has 80 valence electrons. The highest BCUT2D eigenvalue weighted by Crippen LogP contribution is 2.15. The number of nitrogens with one attached hydrogen (secondary N) is 1. The lowest BCUT2D eigenvalue weighted by Crippen LogP contribution is -2.59. The zero-order valence-electron chi connectivity index (χ0n) is 7.93. The van der Waals surface area contributed by atoms with Gasteiger partial charge in [-0.15, -0.1) is 0 Å². The minimum atomic E-state index is -1.19. The summed E-state index contributed by atoms with van der Waals surface area (Å²) in [4.78, 5) is 33.8. The lowest BCUT2D eigenvalue weighted by atomic mass is 9.98. The number of carboxylic acid groups (broad SMARTS) is 1. The van der Waals surface area contributed by atoms with Gasteiger partial charge in [-0.25, -0.2) is 4.79 Å². The predicted molar refractivity (Wildman–Crippen MR) is 46.4 cm³/mol. The second-order valence-electron chi connectivity index (χ2n) is 3.16. The van der Waals surface area contributed by atoms with Crippen molar-refractivity contribution in [3.63, 3.8) is 0 Å². The molecule has 0 aromatic heterocycles. The number of carbonyl (C=O) groups excluding carboxylic acids is 2. The quantitative estimate of drug-likeness (QED) is 0.618. The van der Waals surface area contributed by atoms with Gasteiger partial charge in [0.1, 0.15) is 12.5 Å². The summed E-state index contributed by atoms with van der Waals surface area (Å²) in [5.74, 6) is -2.90. The van der Waals surface area contributed by atoms with Gasteiger partial charge in [0.2, 0.25) is 5.91 Å². The van der Waals surface area contributed by atoms with Crippen molar-refractivity contribution >= 4 is 17.9 Å².